The summed E-state index contributed by atoms with van der Waals surface area (Å²) >= 11 is 0. The SMILES string of the molecule is O=C(Nc1ccc(C(=O)N2CC3CCCN3c3ccccc32)cc1)c1ccccc1-c1ccccc1. The molecule has 2 heterocycles. The zero-order valence-corrected chi connectivity index (χ0v) is 19.9. The summed E-state index contributed by atoms with van der Waals surface area (Å²) in [6.45, 7) is 1.75. The van der Waals surface area contributed by atoms with Crippen molar-refractivity contribution in [1.82, 2.24) is 0 Å². The average Bonchev–Trinajstić information content (AvgIpc) is 3.42. The van der Waals surface area contributed by atoms with Crippen molar-refractivity contribution in [3.63, 3.8) is 0 Å². The van der Waals surface area contributed by atoms with Crippen LogP contribution in [-0.4, -0.2) is 30.9 Å². The van der Waals surface area contributed by atoms with Crippen molar-refractivity contribution in [1.29, 1.82) is 0 Å². The van der Waals surface area contributed by atoms with Gasteiger partial charge in [0, 0.05) is 35.9 Å². The van der Waals surface area contributed by atoms with E-state index in [-0.39, 0.29) is 11.8 Å². The molecular weight excluding hydrogens is 446 g/mol. The van der Waals surface area contributed by atoms with Gasteiger partial charge in [0.05, 0.1) is 11.4 Å². The molecule has 2 aliphatic rings. The molecule has 4 aromatic rings. The maximum absolute atomic E-state index is 13.5. The van der Waals surface area contributed by atoms with E-state index in [4.69, 9.17) is 0 Å². The van der Waals surface area contributed by atoms with Gasteiger partial charge in [-0.2, -0.15) is 0 Å². The molecule has 36 heavy (non-hydrogen) atoms. The van der Waals surface area contributed by atoms with Crippen LogP contribution in [0.4, 0.5) is 17.1 Å². The van der Waals surface area contributed by atoms with Gasteiger partial charge in [-0.05, 0) is 66.4 Å². The van der Waals surface area contributed by atoms with Gasteiger partial charge in [0.2, 0.25) is 0 Å². The number of benzene rings is 4. The van der Waals surface area contributed by atoms with Crippen molar-refractivity contribution >= 4 is 28.9 Å². The number of nitrogens with one attached hydrogen (secondary N) is 1. The molecule has 1 fully saturated rings. The number of carbonyl (C=O) groups is 2. The Hall–Kier alpha value is -4.38. The van der Waals surface area contributed by atoms with Crippen molar-refractivity contribution < 1.29 is 9.59 Å². The first-order valence-electron chi connectivity index (χ1n) is 12.4. The lowest BCUT2D eigenvalue weighted by Gasteiger charge is -2.40. The molecular formula is C31H27N3O2. The van der Waals surface area contributed by atoms with Crippen molar-refractivity contribution in [3.05, 3.63) is 114 Å². The number of hydrogen-bond acceptors (Lipinski definition) is 3. The van der Waals surface area contributed by atoms with Crippen molar-refractivity contribution in [2.45, 2.75) is 18.9 Å². The Morgan fingerprint density at radius 1 is 0.750 bits per heavy atom. The molecule has 0 saturated carbocycles. The van der Waals surface area contributed by atoms with Crippen LogP contribution in [0.2, 0.25) is 0 Å². The van der Waals surface area contributed by atoms with Crippen LogP contribution in [0.25, 0.3) is 11.1 Å². The van der Waals surface area contributed by atoms with E-state index in [1.54, 1.807) is 24.3 Å². The first-order chi connectivity index (χ1) is 17.7. The molecule has 0 spiro atoms. The molecule has 2 amide bonds. The van der Waals surface area contributed by atoms with Crippen LogP contribution in [0.5, 0.6) is 0 Å². The van der Waals surface area contributed by atoms with E-state index in [0.29, 0.717) is 29.4 Å². The molecule has 1 N–H and O–H groups in total. The van der Waals surface area contributed by atoms with Crippen LogP contribution in [0.3, 0.4) is 0 Å². The molecule has 0 aromatic heterocycles. The maximum atomic E-state index is 13.5. The van der Waals surface area contributed by atoms with E-state index in [0.717, 1.165) is 41.9 Å². The summed E-state index contributed by atoms with van der Waals surface area (Å²) in [5.74, 6) is -0.193. The number of anilines is 3. The molecule has 0 bridgehead atoms. The smallest absolute Gasteiger partial charge is 0.258 e. The molecule has 6 rings (SSSR count). The number of hydrogen-bond donors (Lipinski definition) is 1. The van der Waals surface area contributed by atoms with Crippen molar-refractivity contribution in [3.8, 4) is 11.1 Å². The van der Waals surface area contributed by atoms with Gasteiger partial charge in [0.15, 0.2) is 0 Å². The minimum absolute atomic E-state index is 0.0127. The second-order valence-electron chi connectivity index (χ2n) is 9.34. The predicted molar refractivity (Wildman–Crippen MR) is 145 cm³/mol. The van der Waals surface area contributed by atoms with Gasteiger partial charge in [-0.15, -0.1) is 0 Å². The number of rotatable bonds is 4. The van der Waals surface area contributed by atoms with E-state index in [1.165, 1.54) is 0 Å². The normalized spacial score (nSPS) is 16.3. The Morgan fingerprint density at radius 3 is 2.25 bits per heavy atom. The van der Waals surface area contributed by atoms with Gasteiger partial charge in [-0.25, -0.2) is 0 Å². The molecule has 0 aliphatic carbocycles. The quantitative estimate of drug-likeness (QED) is 0.382. The van der Waals surface area contributed by atoms with Crippen LogP contribution in [-0.2, 0) is 0 Å². The number of nitrogens with zero attached hydrogens (tertiary/aromatic N) is 2. The number of amides is 2. The highest BCUT2D eigenvalue weighted by atomic mass is 16.2. The largest absolute Gasteiger partial charge is 0.365 e. The fourth-order valence-corrected chi connectivity index (χ4v) is 5.38. The number of para-hydroxylation sites is 2. The summed E-state index contributed by atoms with van der Waals surface area (Å²) in [5.41, 5.74) is 5.85. The Morgan fingerprint density at radius 2 is 1.44 bits per heavy atom. The van der Waals surface area contributed by atoms with E-state index in [1.807, 2.05) is 77.7 Å². The summed E-state index contributed by atoms with van der Waals surface area (Å²) in [5, 5.41) is 2.99. The minimum Gasteiger partial charge on any atom is -0.365 e. The third-order valence-electron chi connectivity index (χ3n) is 7.14. The topological polar surface area (TPSA) is 52.7 Å². The van der Waals surface area contributed by atoms with Crippen LogP contribution in [0.1, 0.15) is 33.6 Å². The van der Waals surface area contributed by atoms with Crippen LogP contribution in [0.15, 0.2) is 103 Å². The van der Waals surface area contributed by atoms with E-state index >= 15 is 0 Å². The summed E-state index contributed by atoms with van der Waals surface area (Å²) < 4.78 is 0. The minimum atomic E-state index is -0.181. The zero-order valence-electron chi connectivity index (χ0n) is 19.9. The van der Waals surface area contributed by atoms with E-state index < -0.39 is 0 Å². The van der Waals surface area contributed by atoms with Gasteiger partial charge in [-0.1, -0.05) is 60.7 Å². The lowest BCUT2D eigenvalue weighted by molar-refractivity contribution is 0.0983. The van der Waals surface area contributed by atoms with Gasteiger partial charge in [-0.3, -0.25) is 9.59 Å². The average molecular weight is 474 g/mol. The van der Waals surface area contributed by atoms with Crippen LogP contribution < -0.4 is 15.1 Å². The summed E-state index contributed by atoms with van der Waals surface area (Å²) in [6, 6.07) is 33.2. The summed E-state index contributed by atoms with van der Waals surface area (Å²) in [7, 11) is 0. The first-order valence-corrected chi connectivity index (χ1v) is 12.4. The fourth-order valence-electron chi connectivity index (χ4n) is 5.38. The van der Waals surface area contributed by atoms with Crippen molar-refractivity contribution in [2.75, 3.05) is 28.2 Å². The molecule has 5 nitrogen and oxygen atoms in total. The van der Waals surface area contributed by atoms with Crippen LogP contribution in [0, 0.1) is 0 Å². The maximum Gasteiger partial charge on any atom is 0.258 e. The molecule has 1 unspecified atom stereocenters. The lowest BCUT2D eigenvalue weighted by atomic mass is 9.99. The highest BCUT2D eigenvalue weighted by molar-refractivity contribution is 6.10. The molecule has 1 atom stereocenters. The summed E-state index contributed by atoms with van der Waals surface area (Å²) in [4.78, 5) is 31.0. The van der Waals surface area contributed by atoms with Crippen molar-refractivity contribution in [2.24, 2.45) is 0 Å². The third-order valence-corrected chi connectivity index (χ3v) is 7.14. The predicted octanol–water partition coefficient (Wildman–Crippen LogP) is 6.24. The molecule has 5 heteroatoms. The third kappa shape index (κ3) is 4.03. The Kier molecular flexibility index (Phi) is 5.74. The monoisotopic (exact) mass is 473 g/mol. The molecule has 1 saturated heterocycles. The second-order valence-corrected chi connectivity index (χ2v) is 9.34. The molecule has 2 aliphatic heterocycles. The Labute approximate surface area is 211 Å². The Bertz CT molecular complexity index is 1420. The zero-order chi connectivity index (χ0) is 24.5. The Balaban J connectivity index is 1.21. The highest BCUT2D eigenvalue weighted by Gasteiger charge is 2.36. The lowest BCUT2D eigenvalue weighted by Crippen LogP contribution is -2.48. The fraction of sp³-hybridized carbons (Fsp3) is 0.161. The van der Waals surface area contributed by atoms with Gasteiger partial charge in [0.1, 0.15) is 0 Å². The standard InChI is InChI=1S/C31H27N3O2/c35-30(27-13-5-4-12-26(27)22-9-2-1-3-10-22)32-24-18-16-23(17-19-24)31(36)34-21-25-11-8-20-33(25)28-14-6-7-15-29(28)34/h1-7,9-10,12-19,25H,8,11,20-21H2,(H,32,35). The van der Waals surface area contributed by atoms with Crippen LogP contribution >= 0.6 is 0 Å². The molecule has 0 radical (unpaired) electrons. The van der Waals surface area contributed by atoms with E-state index in [2.05, 4.69) is 16.3 Å². The number of fused-ring (bicyclic) bond motifs is 3. The van der Waals surface area contributed by atoms with Gasteiger partial charge in [0.25, 0.3) is 11.8 Å². The summed E-state index contributed by atoms with van der Waals surface area (Å²) in [6.07, 6.45) is 2.26. The van der Waals surface area contributed by atoms with Gasteiger partial charge >= 0.3 is 0 Å². The second kappa shape index (κ2) is 9.34. The molecule has 4 aromatic carbocycles. The number of carbonyl (C=O) groups excluding carboxylic acids is 2. The first kappa shape index (κ1) is 22.1. The molecule has 178 valence electrons. The van der Waals surface area contributed by atoms with E-state index in [9.17, 15) is 9.59 Å². The van der Waals surface area contributed by atoms with Gasteiger partial charge < -0.3 is 15.1 Å². The highest BCUT2D eigenvalue weighted by Crippen LogP contribution is 2.39.